The number of hydrogen-bond donors (Lipinski definition) is 2. The van der Waals surface area contributed by atoms with E-state index in [0.29, 0.717) is 31.1 Å². The smallest absolute Gasteiger partial charge is 0.335 e. The molecule has 23 heavy (non-hydrogen) atoms. The zero-order chi connectivity index (χ0) is 17.2. The highest BCUT2D eigenvalue weighted by Crippen LogP contribution is 2.12. The molecule has 0 radical (unpaired) electrons. The van der Waals surface area contributed by atoms with Gasteiger partial charge in [0.05, 0.1) is 11.7 Å². The fourth-order valence-corrected chi connectivity index (χ4v) is 2.46. The second-order valence-electron chi connectivity index (χ2n) is 5.84. The van der Waals surface area contributed by atoms with Gasteiger partial charge in [0.1, 0.15) is 0 Å². The zero-order valence-corrected chi connectivity index (χ0v) is 14.2. The van der Waals surface area contributed by atoms with Crippen molar-refractivity contribution in [3.05, 3.63) is 35.4 Å². The molecule has 0 aromatic heterocycles. The van der Waals surface area contributed by atoms with E-state index in [1.165, 1.54) is 0 Å². The highest BCUT2D eigenvalue weighted by atomic mass is 16.5. The molecule has 128 valence electrons. The van der Waals surface area contributed by atoms with Crippen LogP contribution in [0.25, 0.3) is 0 Å². The highest BCUT2D eigenvalue weighted by Gasteiger charge is 2.14. The normalized spacial score (nSPS) is 12.2. The third-order valence-electron chi connectivity index (χ3n) is 3.74. The average Bonchev–Trinajstić information content (AvgIpc) is 2.52. The van der Waals surface area contributed by atoms with E-state index in [-0.39, 0.29) is 24.0 Å². The van der Waals surface area contributed by atoms with Gasteiger partial charge in [0.2, 0.25) is 5.91 Å². The SMILES string of the molecule is CCOC(CCNC(=O)CCc1ccccc1C(=O)O)C(C)C. The Bertz CT molecular complexity index is 513. The number of carbonyl (C=O) groups excluding carboxylic acids is 1. The molecule has 1 aromatic rings. The van der Waals surface area contributed by atoms with E-state index in [9.17, 15) is 9.59 Å². The Labute approximate surface area is 138 Å². The molecule has 1 aromatic carbocycles. The molecule has 2 N–H and O–H groups in total. The number of amides is 1. The summed E-state index contributed by atoms with van der Waals surface area (Å²) in [6.07, 6.45) is 1.63. The van der Waals surface area contributed by atoms with Gasteiger partial charge >= 0.3 is 5.97 Å². The molecule has 1 unspecified atom stereocenters. The Hall–Kier alpha value is -1.88. The molecule has 1 rings (SSSR count). The molecule has 0 spiro atoms. The molecule has 0 heterocycles. The predicted octanol–water partition coefficient (Wildman–Crippen LogP) is 2.88. The maximum absolute atomic E-state index is 11.9. The number of carboxylic acids is 1. The van der Waals surface area contributed by atoms with Gasteiger partial charge in [-0.3, -0.25) is 4.79 Å². The quantitative estimate of drug-likeness (QED) is 0.695. The summed E-state index contributed by atoms with van der Waals surface area (Å²) in [5.74, 6) is -0.615. The van der Waals surface area contributed by atoms with Crippen LogP contribution in [-0.2, 0) is 16.0 Å². The monoisotopic (exact) mass is 321 g/mol. The maximum Gasteiger partial charge on any atom is 0.335 e. The molecule has 0 aliphatic heterocycles. The molecule has 1 amide bonds. The molecule has 5 heteroatoms. The summed E-state index contributed by atoms with van der Waals surface area (Å²) in [7, 11) is 0. The number of aryl methyl sites for hydroxylation is 1. The van der Waals surface area contributed by atoms with Crippen molar-refractivity contribution in [3.8, 4) is 0 Å². The topological polar surface area (TPSA) is 75.6 Å². The Kier molecular flexibility index (Phi) is 8.33. The molecule has 0 aliphatic carbocycles. The van der Waals surface area contributed by atoms with E-state index in [1.807, 2.05) is 6.92 Å². The standard InChI is InChI=1S/C18H27NO4/c1-4-23-16(13(2)3)11-12-19-17(20)10-9-14-7-5-6-8-15(14)18(21)22/h5-8,13,16H,4,9-12H2,1-3H3,(H,19,20)(H,21,22). The largest absolute Gasteiger partial charge is 0.478 e. The Morgan fingerprint density at radius 2 is 1.96 bits per heavy atom. The van der Waals surface area contributed by atoms with Crippen LogP contribution in [0, 0.1) is 5.92 Å². The molecular weight excluding hydrogens is 294 g/mol. The van der Waals surface area contributed by atoms with Crippen LogP contribution >= 0.6 is 0 Å². The molecular formula is C18H27NO4. The lowest BCUT2D eigenvalue weighted by Crippen LogP contribution is -2.30. The van der Waals surface area contributed by atoms with Gasteiger partial charge < -0.3 is 15.2 Å². The minimum atomic E-state index is -0.961. The first-order chi connectivity index (χ1) is 11.0. The lowest BCUT2D eigenvalue weighted by atomic mass is 10.0. The summed E-state index contributed by atoms with van der Waals surface area (Å²) in [6, 6.07) is 6.79. The van der Waals surface area contributed by atoms with Crippen molar-refractivity contribution in [1.82, 2.24) is 5.32 Å². The van der Waals surface area contributed by atoms with E-state index >= 15 is 0 Å². The number of rotatable bonds is 10. The number of benzene rings is 1. The Morgan fingerprint density at radius 3 is 2.57 bits per heavy atom. The first-order valence-corrected chi connectivity index (χ1v) is 8.15. The fraction of sp³-hybridized carbons (Fsp3) is 0.556. The van der Waals surface area contributed by atoms with Crippen molar-refractivity contribution in [2.24, 2.45) is 5.92 Å². The number of carboxylic acid groups (broad SMARTS) is 1. The number of ether oxygens (including phenoxy) is 1. The van der Waals surface area contributed by atoms with E-state index < -0.39 is 5.97 Å². The van der Waals surface area contributed by atoms with Crippen LogP contribution in [0.4, 0.5) is 0 Å². The number of nitrogens with one attached hydrogen (secondary N) is 1. The van der Waals surface area contributed by atoms with E-state index in [1.54, 1.807) is 24.3 Å². The van der Waals surface area contributed by atoms with Crippen LogP contribution in [0.2, 0.25) is 0 Å². The molecule has 0 fully saturated rings. The average molecular weight is 321 g/mol. The maximum atomic E-state index is 11.9. The summed E-state index contributed by atoms with van der Waals surface area (Å²) >= 11 is 0. The molecule has 0 aliphatic rings. The van der Waals surface area contributed by atoms with Crippen LogP contribution in [-0.4, -0.2) is 36.2 Å². The van der Waals surface area contributed by atoms with Crippen LogP contribution in [0.1, 0.15) is 49.5 Å². The summed E-state index contributed by atoms with van der Waals surface area (Å²) in [5, 5.41) is 12.0. The van der Waals surface area contributed by atoms with Gasteiger partial charge in [-0.2, -0.15) is 0 Å². The second-order valence-corrected chi connectivity index (χ2v) is 5.84. The summed E-state index contributed by atoms with van der Waals surface area (Å²) in [4.78, 5) is 23.0. The molecule has 0 saturated carbocycles. The lowest BCUT2D eigenvalue weighted by Gasteiger charge is -2.20. The van der Waals surface area contributed by atoms with Gasteiger partial charge in [0, 0.05) is 19.6 Å². The van der Waals surface area contributed by atoms with Crippen molar-refractivity contribution in [2.45, 2.75) is 46.1 Å². The van der Waals surface area contributed by atoms with Crippen molar-refractivity contribution in [3.63, 3.8) is 0 Å². The lowest BCUT2D eigenvalue weighted by molar-refractivity contribution is -0.121. The third kappa shape index (κ3) is 6.82. The van der Waals surface area contributed by atoms with Gasteiger partial charge in [-0.1, -0.05) is 32.0 Å². The molecule has 1 atom stereocenters. The number of aromatic carboxylic acids is 1. The van der Waals surface area contributed by atoms with Gasteiger partial charge in [0.15, 0.2) is 0 Å². The predicted molar refractivity (Wildman–Crippen MR) is 89.6 cm³/mol. The van der Waals surface area contributed by atoms with Crippen molar-refractivity contribution < 1.29 is 19.4 Å². The Morgan fingerprint density at radius 1 is 1.26 bits per heavy atom. The van der Waals surface area contributed by atoms with Crippen molar-refractivity contribution in [1.29, 1.82) is 0 Å². The van der Waals surface area contributed by atoms with E-state index in [2.05, 4.69) is 19.2 Å². The second kappa shape index (κ2) is 10.0. The first kappa shape index (κ1) is 19.2. The molecule has 5 nitrogen and oxygen atoms in total. The Balaban J connectivity index is 2.39. The zero-order valence-electron chi connectivity index (χ0n) is 14.2. The number of carbonyl (C=O) groups is 2. The van der Waals surface area contributed by atoms with Crippen molar-refractivity contribution in [2.75, 3.05) is 13.2 Å². The van der Waals surface area contributed by atoms with Gasteiger partial charge in [-0.25, -0.2) is 4.79 Å². The van der Waals surface area contributed by atoms with E-state index in [4.69, 9.17) is 9.84 Å². The minimum absolute atomic E-state index is 0.0656. The summed E-state index contributed by atoms with van der Waals surface area (Å²) in [6.45, 7) is 7.41. The highest BCUT2D eigenvalue weighted by molar-refractivity contribution is 5.89. The van der Waals surface area contributed by atoms with Gasteiger partial charge in [-0.15, -0.1) is 0 Å². The van der Waals surface area contributed by atoms with Gasteiger partial charge in [0.25, 0.3) is 0 Å². The minimum Gasteiger partial charge on any atom is -0.478 e. The first-order valence-electron chi connectivity index (χ1n) is 8.15. The summed E-state index contributed by atoms with van der Waals surface area (Å²) < 4.78 is 5.64. The van der Waals surface area contributed by atoms with Crippen molar-refractivity contribution >= 4 is 11.9 Å². The van der Waals surface area contributed by atoms with Crippen LogP contribution in [0.3, 0.4) is 0 Å². The van der Waals surface area contributed by atoms with Crippen LogP contribution in [0.5, 0.6) is 0 Å². The van der Waals surface area contributed by atoms with Crippen LogP contribution in [0.15, 0.2) is 24.3 Å². The van der Waals surface area contributed by atoms with E-state index in [0.717, 1.165) is 6.42 Å². The third-order valence-corrected chi connectivity index (χ3v) is 3.74. The fourth-order valence-electron chi connectivity index (χ4n) is 2.46. The summed E-state index contributed by atoms with van der Waals surface area (Å²) in [5.41, 5.74) is 0.945. The van der Waals surface area contributed by atoms with Crippen LogP contribution < -0.4 is 5.32 Å². The number of hydrogen-bond acceptors (Lipinski definition) is 3. The molecule has 0 bridgehead atoms. The van der Waals surface area contributed by atoms with Gasteiger partial charge in [-0.05, 0) is 37.3 Å². The molecule has 0 saturated heterocycles.